The molecule has 1 unspecified atom stereocenters. The maximum atomic E-state index is 9.53. The van der Waals surface area contributed by atoms with Gasteiger partial charge >= 0.3 is 0 Å². The monoisotopic (exact) mass is 272 g/mol. The predicted octanol–water partition coefficient (Wildman–Crippen LogP) is 2.73. The minimum absolute atomic E-state index is 0.291. The molecule has 0 radical (unpaired) electrons. The second-order valence-corrected chi connectivity index (χ2v) is 4.50. The summed E-state index contributed by atoms with van der Waals surface area (Å²) in [7, 11) is 0. The number of hydrogen-bond donors (Lipinski definition) is 2. The lowest BCUT2D eigenvalue weighted by Gasteiger charge is -2.11. The van der Waals surface area contributed by atoms with E-state index in [2.05, 4.69) is 33.2 Å². The highest BCUT2D eigenvalue weighted by atomic mass is 79.9. The van der Waals surface area contributed by atoms with Gasteiger partial charge in [-0.05, 0) is 40.9 Å². The van der Waals surface area contributed by atoms with E-state index in [1.54, 1.807) is 6.20 Å². The van der Waals surface area contributed by atoms with Gasteiger partial charge in [-0.3, -0.25) is 0 Å². The molecule has 1 rings (SSSR count). The number of pyridine rings is 1. The normalized spacial score (nSPS) is 12.5. The fourth-order valence-electron chi connectivity index (χ4n) is 1.29. The molecular weight excluding hydrogens is 256 g/mol. The standard InChI is InChI=1S/C11H17BrN2O/c1-3-4-9(15)6-13-11-5-8(2)10(12)7-14-11/h5,7,9,15H,3-4,6H2,1-2H3,(H,13,14). The van der Waals surface area contributed by atoms with Crippen molar-refractivity contribution >= 4 is 21.7 Å². The highest BCUT2D eigenvalue weighted by Gasteiger charge is 2.03. The van der Waals surface area contributed by atoms with E-state index in [0.29, 0.717) is 6.54 Å². The number of nitrogens with zero attached hydrogens (tertiary/aromatic N) is 1. The molecule has 2 N–H and O–H groups in total. The van der Waals surface area contributed by atoms with Crippen LogP contribution in [0.2, 0.25) is 0 Å². The van der Waals surface area contributed by atoms with Crippen molar-refractivity contribution in [2.45, 2.75) is 32.8 Å². The van der Waals surface area contributed by atoms with Crippen LogP contribution in [0.25, 0.3) is 0 Å². The molecule has 0 bridgehead atoms. The summed E-state index contributed by atoms with van der Waals surface area (Å²) >= 11 is 3.39. The van der Waals surface area contributed by atoms with Gasteiger partial charge in [0.2, 0.25) is 0 Å². The number of hydrogen-bond acceptors (Lipinski definition) is 3. The summed E-state index contributed by atoms with van der Waals surface area (Å²) in [6.07, 6.45) is 3.29. The van der Waals surface area contributed by atoms with E-state index in [0.717, 1.165) is 28.7 Å². The summed E-state index contributed by atoms with van der Waals surface area (Å²) in [6, 6.07) is 1.96. The Morgan fingerprint density at radius 2 is 2.33 bits per heavy atom. The third kappa shape index (κ3) is 4.18. The number of anilines is 1. The molecule has 1 aromatic heterocycles. The first-order valence-corrected chi connectivity index (χ1v) is 5.97. The van der Waals surface area contributed by atoms with E-state index in [1.807, 2.05) is 13.0 Å². The Labute approximate surface area is 99.1 Å². The van der Waals surface area contributed by atoms with Crippen molar-refractivity contribution in [3.8, 4) is 0 Å². The third-order valence-corrected chi connectivity index (χ3v) is 3.02. The smallest absolute Gasteiger partial charge is 0.126 e. The highest BCUT2D eigenvalue weighted by molar-refractivity contribution is 9.10. The van der Waals surface area contributed by atoms with Crippen LogP contribution in [0.5, 0.6) is 0 Å². The molecule has 0 fully saturated rings. The second-order valence-electron chi connectivity index (χ2n) is 3.64. The molecule has 0 aliphatic rings. The molecule has 3 nitrogen and oxygen atoms in total. The van der Waals surface area contributed by atoms with Gasteiger partial charge in [0, 0.05) is 17.2 Å². The molecule has 84 valence electrons. The molecular formula is C11H17BrN2O. The summed E-state index contributed by atoms with van der Waals surface area (Å²) < 4.78 is 1.00. The molecule has 1 heterocycles. The third-order valence-electron chi connectivity index (χ3n) is 2.19. The van der Waals surface area contributed by atoms with Crippen molar-refractivity contribution in [3.63, 3.8) is 0 Å². The van der Waals surface area contributed by atoms with Gasteiger partial charge in [-0.15, -0.1) is 0 Å². The maximum Gasteiger partial charge on any atom is 0.126 e. The summed E-state index contributed by atoms with van der Waals surface area (Å²) in [6.45, 7) is 4.63. The molecule has 1 atom stereocenters. The molecule has 0 saturated heterocycles. The molecule has 0 aromatic carbocycles. The number of nitrogens with one attached hydrogen (secondary N) is 1. The minimum atomic E-state index is -0.291. The van der Waals surface area contributed by atoms with Gasteiger partial charge in [-0.25, -0.2) is 4.98 Å². The van der Waals surface area contributed by atoms with E-state index in [4.69, 9.17) is 0 Å². The molecule has 0 aliphatic heterocycles. The Hall–Kier alpha value is -0.610. The first-order valence-electron chi connectivity index (χ1n) is 5.17. The van der Waals surface area contributed by atoms with Crippen molar-refractivity contribution in [2.75, 3.05) is 11.9 Å². The topological polar surface area (TPSA) is 45.1 Å². The average Bonchev–Trinajstić information content (AvgIpc) is 2.20. The van der Waals surface area contributed by atoms with Crippen LogP contribution in [0.15, 0.2) is 16.7 Å². The van der Waals surface area contributed by atoms with Crippen LogP contribution in [0.4, 0.5) is 5.82 Å². The first kappa shape index (κ1) is 12.5. The largest absolute Gasteiger partial charge is 0.391 e. The molecule has 15 heavy (non-hydrogen) atoms. The SMILES string of the molecule is CCCC(O)CNc1cc(C)c(Br)cn1. The van der Waals surface area contributed by atoms with E-state index in [1.165, 1.54) is 0 Å². The summed E-state index contributed by atoms with van der Waals surface area (Å²) in [4.78, 5) is 4.20. The number of rotatable bonds is 5. The fraction of sp³-hybridized carbons (Fsp3) is 0.545. The van der Waals surface area contributed by atoms with Gasteiger partial charge in [0.1, 0.15) is 5.82 Å². The van der Waals surface area contributed by atoms with Crippen molar-refractivity contribution < 1.29 is 5.11 Å². The number of aryl methyl sites for hydroxylation is 1. The molecule has 0 aliphatic carbocycles. The van der Waals surface area contributed by atoms with Gasteiger partial charge in [0.05, 0.1) is 6.10 Å². The molecule has 1 aromatic rings. The number of aliphatic hydroxyl groups is 1. The lowest BCUT2D eigenvalue weighted by Crippen LogP contribution is -2.19. The predicted molar refractivity (Wildman–Crippen MR) is 66.1 cm³/mol. The average molecular weight is 273 g/mol. The van der Waals surface area contributed by atoms with E-state index < -0.39 is 0 Å². The van der Waals surface area contributed by atoms with Crippen LogP contribution in [-0.2, 0) is 0 Å². The van der Waals surface area contributed by atoms with Crippen LogP contribution < -0.4 is 5.32 Å². The van der Waals surface area contributed by atoms with Crippen LogP contribution in [0, 0.1) is 6.92 Å². The van der Waals surface area contributed by atoms with Crippen LogP contribution in [-0.4, -0.2) is 22.7 Å². The van der Waals surface area contributed by atoms with Gasteiger partial charge in [-0.2, -0.15) is 0 Å². The zero-order valence-electron chi connectivity index (χ0n) is 9.13. The Kier molecular flexibility index (Phi) is 5.05. The van der Waals surface area contributed by atoms with E-state index in [-0.39, 0.29) is 6.10 Å². The molecule has 0 saturated carbocycles. The Balaban J connectivity index is 2.47. The molecule has 0 spiro atoms. The molecule has 0 amide bonds. The van der Waals surface area contributed by atoms with Gasteiger partial charge < -0.3 is 10.4 Å². The quantitative estimate of drug-likeness (QED) is 0.867. The maximum absolute atomic E-state index is 9.53. The lowest BCUT2D eigenvalue weighted by molar-refractivity contribution is 0.176. The fourth-order valence-corrected chi connectivity index (χ4v) is 1.51. The van der Waals surface area contributed by atoms with Crippen LogP contribution >= 0.6 is 15.9 Å². The number of halogens is 1. The van der Waals surface area contributed by atoms with Crippen molar-refractivity contribution in [1.29, 1.82) is 0 Å². The zero-order valence-corrected chi connectivity index (χ0v) is 10.7. The Bertz CT molecular complexity index is 317. The Morgan fingerprint density at radius 3 is 2.93 bits per heavy atom. The van der Waals surface area contributed by atoms with Gasteiger partial charge in [-0.1, -0.05) is 13.3 Å². The second kappa shape index (κ2) is 6.08. The van der Waals surface area contributed by atoms with Crippen LogP contribution in [0.3, 0.4) is 0 Å². The minimum Gasteiger partial charge on any atom is -0.391 e. The van der Waals surface area contributed by atoms with Crippen molar-refractivity contribution in [3.05, 3.63) is 22.3 Å². The zero-order chi connectivity index (χ0) is 11.3. The van der Waals surface area contributed by atoms with Crippen molar-refractivity contribution in [1.82, 2.24) is 4.98 Å². The van der Waals surface area contributed by atoms with Crippen molar-refractivity contribution in [2.24, 2.45) is 0 Å². The molecule has 4 heteroatoms. The number of aromatic nitrogens is 1. The van der Waals surface area contributed by atoms with Gasteiger partial charge in [0.15, 0.2) is 0 Å². The lowest BCUT2D eigenvalue weighted by atomic mass is 10.2. The van der Waals surface area contributed by atoms with Gasteiger partial charge in [0.25, 0.3) is 0 Å². The summed E-state index contributed by atoms with van der Waals surface area (Å²) in [5.41, 5.74) is 1.14. The highest BCUT2D eigenvalue weighted by Crippen LogP contribution is 2.17. The van der Waals surface area contributed by atoms with E-state index >= 15 is 0 Å². The first-order chi connectivity index (χ1) is 7.13. The summed E-state index contributed by atoms with van der Waals surface area (Å²) in [5, 5.41) is 12.7. The number of aliphatic hydroxyl groups excluding tert-OH is 1. The van der Waals surface area contributed by atoms with Crippen LogP contribution in [0.1, 0.15) is 25.3 Å². The summed E-state index contributed by atoms with van der Waals surface area (Å²) in [5.74, 6) is 0.811. The van der Waals surface area contributed by atoms with E-state index in [9.17, 15) is 5.11 Å². The Morgan fingerprint density at radius 1 is 1.60 bits per heavy atom.